The van der Waals surface area contributed by atoms with E-state index in [-0.39, 0.29) is 15.7 Å². The first-order valence-electron chi connectivity index (χ1n) is 9.58. The fourth-order valence-corrected chi connectivity index (χ4v) is 7.19. The van der Waals surface area contributed by atoms with Crippen LogP contribution in [0.2, 0.25) is 0 Å². The fourth-order valence-electron chi connectivity index (χ4n) is 3.25. The van der Waals surface area contributed by atoms with Crippen LogP contribution in [0, 0.1) is 0 Å². The van der Waals surface area contributed by atoms with Crippen LogP contribution in [-0.2, 0) is 16.6 Å². The average Bonchev–Trinajstić information content (AvgIpc) is 3.28. The number of amides is 1. The van der Waals surface area contributed by atoms with E-state index < -0.39 is 10.0 Å². The summed E-state index contributed by atoms with van der Waals surface area (Å²) in [5.74, 6) is 2.45. The standard InChI is InChI=1S/C20H26N2O5S3/c1-4-21(14-15-5-6-16(26-2)17(13-15)27-3)20(23)19-18(7-10-29-19)30(24,25)22-8-11-28-12-9-22/h5-7,10,13H,4,8-9,11-12,14H2,1-3H3. The molecule has 1 amide bonds. The molecule has 2 heterocycles. The Morgan fingerprint density at radius 3 is 2.47 bits per heavy atom. The largest absolute Gasteiger partial charge is 0.493 e. The Morgan fingerprint density at radius 2 is 1.83 bits per heavy atom. The van der Waals surface area contributed by atoms with Gasteiger partial charge in [-0.25, -0.2) is 8.42 Å². The lowest BCUT2D eigenvalue weighted by atomic mass is 10.2. The Bertz CT molecular complexity index is 984. The minimum atomic E-state index is -3.68. The molecule has 1 aliphatic rings. The van der Waals surface area contributed by atoms with Gasteiger partial charge in [0.25, 0.3) is 5.91 Å². The molecule has 1 aliphatic heterocycles. The highest BCUT2D eigenvalue weighted by molar-refractivity contribution is 7.99. The molecule has 1 aromatic heterocycles. The molecule has 0 bridgehead atoms. The number of hydrogen-bond acceptors (Lipinski definition) is 7. The molecule has 7 nitrogen and oxygen atoms in total. The summed E-state index contributed by atoms with van der Waals surface area (Å²) in [4.78, 5) is 15.3. The molecule has 0 radical (unpaired) electrons. The van der Waals surface area contributed by atoms with Crippen LogP contribution in [0.25, 0.3) is 0 Å². The van der Waals surface area contributed by atoms with Crippen molar-refractivity contribution in [3.05, 3.63) is 40.1 Å². The van der Waals surface area contributed by atoms with Crippen LogP contribution in [0.3, 0.4) is 0 Å². The molecule has 10 heteroatoms. The number of nitrogens with zero attached hydrogens (tertiary/aromatic N) is 2. The molecule has 164 valence electrons. The van der Waals surface area contributed by atoms with Gasteiger partial charge in [-0.15, -0.1) is 11.3 Å². The monoisotopic (exact) mass is 470 g/mol. The van der Waals surface area contributed by atoms with Gasteiger partial charge in [0, 0.05) is 37.7 Å². The number of rotatable bonds is 8. The third-order valence-electron chi connectivity index (χ3n) is 4.90. The number of hydrogen-bond donors (Lipinski definition) is 0. The number of thioether (sulfide) groups is 1. The third kappa shape index (κ3) is 4.77. The number of ether oxygens (including phenoxy) is 2. The van der Waals surface area contributed by atoms with Gasteiger partial charge in [-0.05, 0) is 36.1 Å². The number of benzene rings is 1. The Labute approximate surface area is 186 Å². The summed E-state index contributed by atoms with van der Waals surface area (Å²) in [6.45, 7) is 3.61. The van der Waals surface area contributed by atoms with Crippen molar-refractivity contribution < 1.29 is 22.7 Å². The van der Waals surface area contributed by atoms with Gasteiger partial charge >= 0.3 is 0 Å². The van der Waals surface area contributed by atoms with Crippen molar-refractivity contribution in [2.75, 3.05) is 45.4 Å². The van der Waals surface area contributed by atoms with E-state index >= 15 is 0 Å². The molecular weight excluding hydrogens is 444 g/mol. The van der Waals surface area contributed by atoms with Crippen molar-refractivity contribution in [1.29, 1.82) is 0 Å². The second-order valence-electron chi connectivity index (χ2n) is 6.64. The van der Waals surface area contributed by atoms with Gasteiger partial charge in [-0.3, -0.25) is 4.79 Å². The van der Waals surface area contributed by atoms with Gasteiger partial charge < -0.3 is 14.4 Å². The summed E-state index contributed by atoms with van der Waals surface area (Å²) in [5.41, 5.74) is 0.872. The van der Waals surface area contributed by atoms with Crippen LogP contribution in [0.15, 0.2) is 34.5 Å². The lowest BCUT2D eigenvalue weighted by molar-refractivity contribution is 0.0753. The average molecular weight is 471 g/mol. The Morgan fingerprint density at radius 1 is 1.13 bits per heavy atom. The topological polar surface area (TPSA) is 76.1 Å². The van der Waals surface area contributed by atoms with Crippen molar-refractivity contribution in [2.45, 2.75) is 18.4 Å². The van der Waals surface area contributed by atoms with Crippen molar-refractivity contribution in [2.24, 2.45) is 0 Å². The zero-order valence-electron chi connectivity index (χ0n) is 17.3. The van der Waals surface area contributed by atoms with Crippen LogP contribution < -0.4 is 9.47 Å². The van der Waals surface area contributed by atoms with Crippen molar-refractivity contribution in [3.63, 3.8) is 0 Å². The molecule has 0 spiro atoms. The maximum Gasteiger partial charge on any atom is 0.265 e. The van der Waals surface area contributed by atoms with E-state index in [4.69, 9.17) is 9.47 Å². The Hall–Kier alpha value is -1.75. The van der Waals surface area contributed by atoms with Crippen LogP contribution >= 0.6 is 23.1 Å². The third-order valence-corrected chi connectivity index (χ3v) is 8.82. The van der Waals surface area contributed by atoms with E-state index in [0.717, 1.165) is 17.1 Å². The van der Waals surface area contributed by atoms with Gasteiger partial charge in [0.1, 0.15) is 9.77 Å². The molecule has 0 unspecified atom stereocenters. The lowest BCUT2D eigenvalue weighted by Gasteiger charge is -2.26. The molecule has 0 saturated carbocycles. The van der Waals surface area contributed by atoms with Gasteiger partial charge in [-0.2, -0.15) is 16.1 Å². The molecule has 1 saturated heterocycles. The highest BCUT2D eigenvalue weighted by Crippen LogP contribution is 2.30. The number of sulfonamides is 1. The number of thiophene rings is 1. The minimum absolute atomic E-state index is 0.107. The van der Waals surface area contributed by atoms with Crippen molar-refractivity contribution in [3.8, 4) is 11.5 Å². The summed E-state index contributed by atoms with van der Waals surface area (Å²) >= 11 is 2.91. The Kier molecular flexibility index (Phi) is 7.67. The maximum atomic E-state index is 13.3. The van der Waals surface area contributed by atoms with E-state index in [9.17, 15) is 13.2 Å². The minimum Gasteiger partial charge on any atom is -0.493 e. The van der Waals surface area contributed by atoms with Crippen LogP contribution in [0.5, 0.6) is 11.5 Å². The smallest absolute Gasteiger partial charge is 0.265 e. The zero-order valence-corrected chi connectivity index (χ0v) is 19.7. The zero-order chi connectivity index (χ0) is 21.7. The van der Waals surface area contributed by atoms with Gasteiger partial charge in [0.2, 0.25) is 10.0 Å². The summed E-state index contributed by atoms with van der Waals surface area (Å²) in [6.07, 6.45) is 0. The number of carbonyl (C=O) groups excluding carboxylic acids is 1. The quantitative estimate of drug-likeness (QED) is 0.590. The van der Waals surface area contributed by atoms with Gasteiger partial charge in [0.05, 0.1) is 14.2 Å². The predicted octanol–water partition coefficient (Wildman–Crippen LogP) is 3.17. The van der Waals surface area contributed by atoms with E-state index in [1.165, 1.54) is 15.6 Å². The maximum absolute atomic E-state index is 13.3. The summed E-state index contributed by atoms with van der Waals surface area (Å²) in [6, 6.07) is 7.03. The van der Waals surface area contributed by atoms with Gasteiger partial charge in [-0.1, -0.05) is 6.07 Å². The lowest BCUT2D eigenvalue weighted by Crippen LogP contribution is -2.39. The highest BCUT2D eigenvalue weighted by Gasteiger charge is 2.32. The Balaban J connectivity index is 1.84. The summed E-state index contributed by atoms with van der Waals surface area (Å²) < 4.78 is 38.3. The summed E-state index contributed by atoms with van der Waals surface area (Å²) in [7, 11) is -0.552. The SMILES string of the molecule is CCN(Cc1ccc(OC)c(OC)c1)C(=O)c1sccc1S(=O)(=O)N1CCSCC1. The molecule has 2 aromatic rings. The predicted molar refractivity (Wildman–Crippen MR) is 120 cm³/mol. The van der Waals surface area contributed by atoms with Crippen LogP contribution in [0.1, 0.15) is 22.2 Å². The van der Waals surface area contributed by atoms with E-state index in [0.29, 0.717) is 37.7 Å². The highest BCUT2D eigenvalue weighted by atomic mass is 32.2. The van der Waals surface area contributed by atoms with E-state index in [2.05, 4.69) is 0 Å². The molecule has 1 aromatic carbocycles. The molecule has 0 atom stereocenters. The first-order valence-corrected chi connectivity index (χ1v) is 13.0. The van der Waals surface area contributed by atoms with Crippen LogP contribution in [-0.4, -0.2) is 68.9 Å². The van der Waals surface area contributed by atoms with E-state index in [1.807, 2.05) is 19.1 Å². The number of methoxy groups -OCH3 is 2. The molecule has 3 rings (SSSR count). The van der Waals surface area contributed by atoms with Crippen molar-refractivity contribution in [1.82, 2.24) is 9.21 Å². The van der Waals surface area contributed by atoms with Crippen LogP contribution in [0.4, 0.5) is 0 Å². The van der Waals surface area contributed by atoms with E-state index in [1.54, 1.807) is 48.4 Å². The summed E-state index contributed by atoms with van der Waals surface area (Å²) in [5, 5.41) is 1.67. The first kappa shape index (κ1) is 22.9. The molecule has 0 aliphatic carbocycles. The number of carbonyl (C=O) groups is 1. The second-order valence-corrected chi connectivity index (χ2v) is 10.7. The normalized spacial score (nSPS) is 15.0. The molecule has 0 N–H and O–H groups in total. The second kappa shape index (κ2) is 10.0. The van der Waals surface area contributed by atoms with Crippen molar-refractivity contribution >= 4 is 39.0 Å². The fraction of sp³-hybridized carbons (Fsp3) is 0.450. The van der Waals surface area contributed by atoms with Gasteiger partial charge in [0.15, 0.2) is 11.5 Å². The molecular formula is C20H26N2O5S3. The molecule has 30 heavy (non-hydrogen) atoms. The molecule has 1 fully saturated rings. The first-order chi connectivity index (χ1) is 14.4.